The molecule has 1 N–H and O–H groups in total. The van der Waals surface area contributed by atoms with Crippen LogP contribution in [0.4, 0.5) is 0 Å². The Kier molecular flexibility index (Phi) is 5.95. The topological polar surface area (TPSA) is 78.0 Å². The van der Waals surface area contributed by atoms with Crippen molar-refractivity contribution in [2.24, 2.45) is 0 Å². The van der Waals surface area contributed by atoms with E-state index in [0.29, 0.717) is 18.7 Å². The number of amides is 1. The molecule has 3 heterocycles. The molecule has 1 fully saturated rings. The van der Waals surface area contributed by atoms with Crippen LogP contribution in [-0.2, 0) is 6.42 Å². The van der Waals surface area contributed by atoms with Crippen molar-refractivity contribution in [1.29, 1.82) is 0 Å². The van der Waals surface area contributed by atoms with Crippen molar-refractivity contribution in [2.75, 3.05) is 26.2 Å². The number of carbonyl (C=O) groups is 1. The van der Waals surface area contributed by atoms with E-state index in [0.717, 1.165) is 37.6 Å². The van der Waals surface area contributed by atoms with E-state index < -0.39 is 0 Å². The maximum absolute atomic E-state index is 12.9. The van der Waals surface area contributed by atoms with Gasteiger partial charge in [-0.05, 0) is 37.5 Å². The molecule has 1 aliphatic heterocycles. The highest BCUT2D eigenvalue weighted by atomic mass is 16.2. The van der Waals surface area contributed by atoms with Crippen LogP contribution in [0.3, 0.4) is 0 Å². The maximum atomic E-state index is 12.9. The third kappa shape index (κ3) is 4.68. The maximum Gasteiger partial charge on any atom is 0.255 e. The van der Waals surface area contributed by atoms with E-state index in [9.17, 15) is 4.79 Å². The first-order valence-electron chi connectivity index (χ1n) is 10.1. The normalized spacial score (nSPS) is 17.8. The van der Waals surface area contributed by atoms with Gasteiger partial charge in [0.15, 0.2) is 5.82 Å². The molecule has 7 nitrogen and oxygen atoms in total. The second kappa shape index (κ2) is 8.96. The van der Waals surface area contributed by atoms with Crippen molar-refractivity contribution in [1.82, 2.24) is 30.0 Å². The number of H-pyrrole nitrogens is 1. The van der Waals surface area contributed by atoms with E-state index in [4.69, 9.17) is 0 Å². The molecule has 29 heavy (non-hydrogen) atoms. The van der Waals surface area contributed by atoms with Gasteiger partial charge in [-0.15, -0.1) is 0 Å². The lowest BCUT2D eigenvalue weighted by molar-refractivity contribution is 0.0761. The molecule has 0 aliphatic carbocycles. The number of pyridine rings is 1. The summed E-state index contributed by atoms with van der Waals surface area (Å²) in [5.41, 5.74) is 1.94. The van der Waals surface area contributed by atoms with Crippen LogP contribution in [0.25, 0.3) is 0 Å². The zero-order chi connectivity index (χ0) is 20.1. The summed E-state index contributed by atoms with van der Waals surface area (Å²) in [6, 6.07) is 14.2. The van der Waals surface area contributed by atoms with Gasteiger partial charge in [-0.1, -0.05) is 30.3 Å². The lowest BCUT2D eigenvalue weighted by Gasteiger charge is -2.27. The molecule has 1 atom stereocenters. The van der Waals surface area contributed by atoms with Gasteiger partial charge in [-0.3, -0.25) is 19.8 Å². The molecule has 0 bridgehead atoms. The fourth-order valence-corrected chi connectivity index (χ4v) is 3.84. The molecule has 2 aromatic heterocycles. The van der Waals surface area contributed by atoms with Gasteiger partial charge in [0.05, 0.1) is 11.6 Å². The lowest BCUT2D eigenvalue weighted by Crippen LogP contribution is -2.36. The number of aromatic nitrogens is 4. The summed E-state index contributed by atoms with van der Waals surface area (Å²) in [5.74, 6) is 1.66. The Morgan fingerprint density at radius 2 is 2.00 bits per heavy atom. The van der Waals surface area contributed by atoms with E-state index in [1.807, 2.05) is 24.0 Å². The van der Waals surface area contributed by atoms with Crippen molar-refractivity contribution in [3.8, 4) is 0 Å². The monoisotopic (exact) mass is 390 g/mol. The van der Waals surface area contributed by atoms with Crippen LogP contribution in [0.2, 0.25) is 0 Å². The standard InChI is InChI=1S/C22H26N6O/c1-17-24-21(26-25-17)20-10-13-28(22(29)19-8-5-11-23-16-19)15-14-27(20)12-9-18-6-3-2-4-7-18/h2-8,11,16,20H,9-10,12-15H2,1H3,(H,24,25,26). The predicted octanol–water partition coefficient (Wildman–Crippen LogP) is 2.64. The van der Waals surface area contributed by atoms with Crippen molar-refractivity contribution in [3.63, 3.8) is 0 Å². The third-order valence-electron chi connectivity index (χ3n) is 5.41. The molecule has 4 rings (SSSR count). The van der Waals surface area contributed by atoms with E-state index in [1.54, 1.807) is 18.5 Å². The van der Waals surface area contributed by atoms with Crippen molar-refractivity contribution < 1.29 is 4.79 Å². The molecule has 0 saturated carbocycles. The fourth-order valence-electron chi connectivity index (χ4n) is 3.84. The van der Waals surface area contributed by atoms with Gasteiger partial charge in [0.25, 0.3) is 5.91 Å². The van der Waals surface area contributed by atoms with Crippen LogP contribution in [0.5, 0.6) is 0 Å². The molecule has 3 aromatic rings. The van der Waals surface area contributed by atoms with Gasteiger partial charge in [0, 0.05) is 38.6 Å². The van der Waals surface area contributed by atoms with Crippen molar-refractivity contribution >= 4 is 5.91 Å². The predicted molar refractivity (Wildman–Crippen MR) is 110 cm³/mol. The van der Waals surface area contributed by atoms with Gasteiger partial charge in [-0.2, -0.15) is 5.10 Å². The second-order valence-electron chi connectivity index (χ2n) is 7.39. The molecule has 1 amide bonds. The average molecular weight is 390 g/mol. The summed E-state index contributed by atoms with van der Waals surface area (Å²) in [6.07, 6.45) is 5.08. The molecule has 0 spiro atoms. The summed E-state index contributed by atoms with van der Waals surface area (Å²) < 4.78 is 0. The van der Waals surface area contributed by atoms with Crippen LogP contribution in [-0.4, -0.2) is 62.1 Å². The second-order valence-corrected chi connectivity index (χ2v) is 7.39. The van der Waals surface area contributed by atoms with Crippen LogP contribution in [0, 0.1) is 6.92 Å². The summed E-state index contributed by atoms with van der Waals surface area (Å²) in [7, 11) is 0. The Hall–Kier alpha value is -3.06. The first kappa shape index (κ1) is 19.3. The van der Waals surface area contributed by atoms with Gasteiger partial charge >= 0.3 is 0 Å². The molecule has 1 aliphatic rings. The molecule has 1 aromatic carbocycles. The molecule has 1 saturated heterocycles. The minimum Gasteiger partial charge on any atom is -0.337 e. The average Bonchev–Trinajstić information content (AvgIpc) is 3.08. The molecular weight excluding hydrogens is 364 g/mol. The summed E-state index contributed by atoms with van der Waals surface area (Å²) >= 11 is 0. The van der Waals surface area contributed by atoms with Crippen molar-refractivity contribution in [3.05, 3.63) is 77.6 Å². The minimum atomic E-state index is 0.0351. The van der Waals surface area contributed by atoms with E-state index in [-0.39, 0.29) is 11.9 Å². The lowest BCUT2D eigenvalue weighted by atomic mass is 10.1. The van der Waals surface area contributed by atoms with E-state index in [1.165, 1.54) is 5.56 Å². The van der Waals surface area contributed by atoms with Crippen molar-refractivity contribution in [2.45, 2.75) is 25.8 Å². The van der Waals surface area contributed by atoms with Crippen LogP contribution < -0.4 is 0 Å². The smallest absolute Gasteiger partial charge is 0.255 e. The Labute approximate surface area is 170 Å². The first-order valence-corrected chi connectivity index (χ1v) is 10.1. The zero-order valence-electron chi connectivity index (χ0n) is 16.7. The van der Waals surface area contributed by atoms with E-state index in [2.05, 4.69) is 49.3 Å². The largest absolute Gasteiger partial charge is 0.337 e. The number of benzene rings is 1. The summed E-state index contributed by atoms with van der Waals surface area (Å²) in [5, 5.41) is 7.39. The quantitative estimate of drug-likeness (QED) is 0.725. The van der Waals surface area contributed by atoms with Crippen LogP contribution in [0.15, 0.2) is 54.9 Å². The molecule has 1 unspecified atom stereocenters. The molecular formula is C22H26N6O. The molecule has 150 valence electrons. The minimum absolute atomic E-state index is 0.0351. The van der Waals surface area contributed by atoms with E-state index >= 15 is 0 Å². The number of hydrogen-bond acceptors (Lipinski definition) is 5. The SMILES string of the molecule is Cc1nc(C2CCN(C(=O)c3cccnc3)CCN2CCc2ccccc2)n[nH]1. The van der Waals surface area contributed by atoms with Gasteiger partial charge < -0.3 is 4.90 Å². The van der Waals surface area contributed by atoms with Crippen LogP contribution in [0.1, 0.15) is 40.0 Å². The summed E-state index contributed by atoms with van der Waals surface area (Å²) in [4.78, 5) is 25.9. The number of rotatable bonds is 5. The van der Waals surface area contributed by atoms with Gasteiger partial charge in [-0.25, -0.2) is 4.98 Å². The number of hydrogen-bond donors (Lipinski definition) is 1. The van der Waals surface area contributed by atoms with Gasteiger partial charge in [0.1, 0.15) is 5.82 Å². The Morgan fingerprint density at radius 1 is 1.14 bits per heavy atom. The zero-order valence-corrected chi connectivity index (χ0v) is 16.7. The Morgan fingerprint density at radius 3 is 2.72 bits per heavy atom. The molecule has 0 radical (unpaired) electrons. The molecule has 7 heteroatoms. The highest BCUT2D eigenvalue weighted by molar-refractivity contribution is 5.93. The Balaban J connectivity index is 1.50. The number of aryl methyl sites for hydroxylation is 1. The number of aromatic amines is 1. The summed E-state index contributed by atoms with van der Waals surface area (Å²) in [6.45, 7) is 4.96. The number of nitrogens with one attached hydrogen (secondary N) is 1. The number of nitrogens with zero attached hydrogens (tertiary/aromatic N) is 5. The highest BCUT2D eigenvalue weighted by Gasteiger charge is 2.30. The number of carbonyl (C=O) groups excluding carboxylic acids is 1. The van der Waals surface area contributed by atoms with Crippen LogP contribution >= 0.6 is 0 Å². The fraction of sp³-hybridized carbons (Fsp3) is 0.364. The van der Waals surface area contributed by atoms with Gasteiger partial charge in [0.2, 0.25) is 0 Å². The first-order chi connectivity index (χ1) is 14.2. The Bertz CT molecular complexity index is 927. The third-order valence-corrected chi connectivity index (χ3v) is 5.41. The highest BCUT2D eigenvalue weighted by Crippen LogP contribution is 2.25.